The van der Waals surface area contributed by atoms with Crippen molar-refractivity contribution in [2.45, 2.75) is 286 Å². The zero-order chi connectivity index (χ0) is 92.8. The SMILES string of the molecule is CCCCCCCCCCCCCCCC(=O)NCC(=O)N[C@@H](CO)C(=O)N[C@@H](CCC(N)=O)C(=O)N[C@@H](CCCCNC(=N)N)C(=O)N[C@@H](CO)C(=O)N[C@@H](CCCC)C(=O)N[C@H]1CCC(=O)NCCCC[C@@H](C(N)=O)NC(=O)[C@H](Cc2c[nH]c3ccccc23)NC(=O)[C@H](CCCNC(=N)N)NC(=O)[C@@H](Cc2ccccc2)NC(=O)[C@H](Cc2cccnc2)NC1=O. The number of fused-ring (bicyclic) bond motifs is 1. The van der Waals surface area contributed by atoms with Crippen LogP contribution in [-0.2, 0) is 91.2 Å². The van der Waals surface area contributed by atoms with Crippen molar-refractivity contribution in [2.75, 3.05) is 39.4 Å². The van der Waals surface area contributed by atoms with E-state index in [0.717, 1.165) is 36.6 Å². The molecule has 4 aromatic rings. The van der Waals surface area contributed by atoms with E-state index in [1.807, 2.05) is 12.1 Å². The highest BCUT2D eigenvalue weighted by Crippen LogP contribution is 2.21. The molecule has 3 heterocycles. The maximum absolute atomic E-state index is 15.2. The molecule has 2 aromatic carbocycles. The number of carbonyl (C=O) groups is 15. The Bertz CT molecular complexity index is 4200. The Kier molecular flexibility index (Phi) is 49.3. The number of aromatic amines is 1. The third-order valence-electron chi connectivity index (χ3n) is 21.5. The Labute approximate surface area is 740 Å². The molecule has 700 valence electrons. The Morgan fingerprint density at radius 1 is 0.480 bits per heavy atom. The highest BCUT2D eigenvalue weighted by molar-refractivity contribution is 6.00. The molecule has 1 saturated heterocycles. The van der Waals surface area contributed by atoms with E-state index in [1.165, 1.54) is 63.8 Å². The fourth-order valence-electron chi connectivity index (χ4n) is 14.3. The first-order chi connectivity index (χ1) is 61.0. The van der Waals surface area contributed by atoms with E-state index in [2.05, 4.69) is 96.6 Å². The van der Waals surface area contributed by atoms with Gasteiger partial charge in [-0.25, -0.2) is 0 Å². The van der Waals surface area contributed by atoms with Crippen molar-refractivity contribution in [3.8, 4) is 0 Å². The first kappa shape index (κ1) is 105. The summed E-state index contributed by atoms with van der Waals surface area (Å²) in [6.45, 7) is 1.45. The summed E-state index contributed by atoms with van der Waals surface area (Å²) in [4.78, 5) is 220. The molecule has 0 saturated carbocycles. The number of hydrogen-bond acceptors (Lipinski definition) is 20. The van der Waals surface area contributed by atoms with Crippen LogP contribution < -0.4 is 103 Å². The monoisotopic (exact) mass is 1770 g/mol. The fraction of sp³-hybridized carbons (Fsp3) is 0.586. The third kappa shape index (κ3) is 41.5. The number of nitrogens with two attached hydrogens (primary N) is 4. The number of rotatable bonds is 51. The number of hydrogen-bond donors (Lipinski definition) is 24. The molecule has 40 heteroatoms. The van der Waals surface area contributed by atoms with Crippen LogP contribution in [-0.4, -0.2) is 227 Å². The van der Waals surface area contributed by atoms with Crippen molar-refractivity contribution >= 4 is 111 Å². The Morgan fingerprint density at radius 2 is 0.984 bits per heavy atom. The van der Waals surface area contributed by atoms with Crippen molar-refractivity contribution in [3.63, 3.8) is 0 Å². The lowest BCUT2D eigenvalue weighted by Gasteiger charge is -2.28. The quantitative estimate of drug-likeness (QED) is 0.0150. The average Bonchev–Trinajstić information content (AvgIpc) is 1.67. The molecule has 0 bridgehead atoms. The van der Waals surface area contributed by atoms with Gasteiger partial charge in [0.1, 0.15) is 66.5 Å². The zero-order valence-corrected chi connectivity index (χ0v) is 73.1. The van der Waals surface area contributed by atoms with E-state index in [0.29, 0.717) is 29.5 Å². The van der Waals surface area contributed by atoms with Crippen molar-refractivity contribution in [1.82, 2.24) is 89.7 Å². The number of nitrogens with zero attached hydrogens (tertiary/aromatic N) is 1. The molecule has 5 rings (SSSR count). The predicted octanol–water partition coefficient (Wildman–Crippen LogP) is -0.556. The number of primary amides is 2. The predicted molar refractivity (Wildman–Crippen MR) is 475 cm³/mol. The highest BCUT2D eigenvalue weighted by atomic mass is 16.3. The summed E-state index contributed by atoms with van der Waals surface area (Å²) in [5.74, 6) is -14.6. The van der Waals surface area contributed by atoms with E-state index in [9.17, 15) is 67.7 Å². The molecule has 11 atom stereocenters. The van der Waals surface area contributed by atoms with Gasteiger partial charge in [0, 0.05) is 87.7 Å². The second-order valence-corrected chi connectivity index (χ2v) is 31.9. The highest BCUT2D eigenvalue weighted by Gasteiger charge is 2.38. The number of guanidine groups is 2. The van der Waals surface area contributed by atoms with Gasteiger partial charge in [0.15, 0.2) is 11.9 Å². The molecule has 15 amide bonds. The number of amides is 15. The van der Waals surface area contributed by atoms with Crippen molar-refractivity contribution < 1.29 is 82.1 Å². The standard InChI is InChI=1S/C87H135N23O17/c1-3-5-7-8-9-10-11-12-13-14-15-16-20-38-72(114)99-52-74(116)100-69(53-111)84(126)106-64(39-41-71(88)113)79(121)102-62(36-24-26-45-96-86(90)91)78(120)110-70(54-112)85(127)104-61(33-6-4-2)76(118)105-65-40-42-73(115)95-44-25-23-35-60(75(89)117)101-83(125)68(49-57-51-98-59-34-22-21-32-58(57)59)109-77(119)63(37-28-46-97-87(92)93)103-81(123)66(47-55-29-18-17-19-30-55)108-82(124)67(107-80(65)122)48-56-31-27-43-94-50-56/h17-19,21-22,27,29-32,34,43,50-51,60-70,98,111-112H,3-16,20,23-26,28,33,35-42,44-49,52-54H2,1-2H3,(H2,88,113)(H2,89,117)(H,95,115)(H,99,114)(H,100,116)(H,101,125)(H,102,121)(H,103,123)(H,104,127)(H,105,118)(H,106,126)(H,107,122)(H,108,124)(H,109,119)(H,110,120)(H4,90,91,96)(H4,92,93,97)/t60-,61-,62-,63-,64-,65-,66+,67-,68-,69-,70-/m0/s1. The van der Waals surface area contributed by atoms with Gasteiger partial charge in [0.2, 0.25) is 88.6 Å². The van der Waals surface area contributed by atoms with Gasteiger partial charge in [-0.05, 0) is 106 Å². The van der Waals surface area contributed by atoms with Crippen molar-refractivity contribution in [2.24, 2.45) is 22.9 Å². The normalized spacial score (nSPS) is 18.1. The van der Waals surface area contributed by atoms with Crippen LogP contribution in [0.1, 0.15) is 217 Å². The minimum atomic E-state index is -1.89. The van der Waals surface area contributed by atoms with Gasteiger partial charge in [-0.1, -0.05) is 158 Å². The summed E-state index contributed by atoms with van der Waals surface area (Å²) in [6, 6.07) is 1.36. The molecule has 1 aliphatic rings. The number of pyridine rings is 1. The number of para-hydroxylation sites is 1. The Morgan fingerprint density at radius 3 is 1.57 bits per heavy atom. The number of carbonyl (C=O) groups excluding carboxylic acids is 15. The van der Waals surface area contributed by atoms with E-state index in [-0.39, 0.29) is 121 Å². The fourth-order valence-corrected chi connectivity index (χ4v) is 14.3. The van der Waals surface area contributed by atoms with Crippen LogP contribution in [0.5, 0.6) is 0 Å². The maximum atomic E-state index is 15.2. The van der Waals surface area contributed by atoms with Gasteiger partial charge in [0.05, 0.1) is 19.8 Å². The van der Waals surface area contributed by atoms with Crippen LogP contribution in [0.15, 0.2) is 85.3 Å². The number of aliphatic hydroxyl groups excluding tert-OH is 2. The lowest BCUT2D eigenvalue weighted by Crippen LogP contribution is -2.61. The van der Waals surface area contributed by atoms with Gasteiger partial charge in [0.25, 0.3) is 0 Å². The van der Waals surface area contributed by atoms with Gasteiger partial charge < -0.3 is 118 Å². The van der Waals surface area contributed by atoms with Gasteiger partial charge in [-0.15, -0.1) is 0 Å². The van der Waals surface area contributed by atoms with Crippen LogP contribution in [0.3, 0.4) is 0 Å². The summed E-state index contributed by atoms with van der Waals surface area (Å²) >= 11 is 0. The molecule has 127 heavy (non-hydrogen) atoms. The average molecular weight is 1780 g/mol. The first-order valence-electron chi connectivity index (χ1n) is 44.3. The van der Waals surface area contributed by atoms with E-state index < -0.39 is 201 Å². The van der Waals surface area contributed by atoms with Crippen LogP contribution in [0.25, 0.3) is 10.9 Å². The Hall–Kier alpha value is -12.4. The maximum Gasteiger partial charge on any atom is 0.245 e. The third-order valence-corrected chi connectivity index (χ3v) is 21.5. The lowest BCUT2D eigenvalue weighted by molar-refractivity contribution is -0.137. The van der Waals surface area contributed by atoms with Crippen LogP contribution >= 0.6 is 0 Å². The number of benzene rings is 2. The Balaban J connectivity index is 1.40. The molecule has 0 radical (unpaired) electrons. The molecule has 0 spiro atoms. The number of aromatic nitrogens is 2. The summed E-state index contributed by atoms with van der Waals surface area (Å²) < 4.78 is 0. The molecule has 1 aliphatic heterocycles. The molecule has 2 aromatic heterocycles. The molecule has 1 fully saturated rings. The van der Waals surface area contributed by atoms with E-state index >= 15 is 14.4 Å². The van der Waals surface area contributed by atoms with Gasteiger partial charge >= 0.3 is 0 Å². The second-order valence-electron chi connectivity index (χ2n) is 31.9. The van der Waals surface area contributed by atoms with Crippen LogP contribution in [0.4, 0.5) is 0 Å². The van der Waals surface area contributed by atoms with Gasteiger partial charge in [-0.3, -0.25) is 87.7 Å². The van der Waals surface area contributed by atoms with E-state index in [4.69, 9.17) is 33.8 Å². The van der Waals surface area contributed by atoms with Crippen LogP contribution in [0, 0.1) is 10.8 Å². The largest absolute Gasteiger partial charge is 0.394 e. The zero-order valence-electron chi connectivity index (χ0n) is 73.1. The summed E-state index contributed by atoms with van der Waals surface area (Å²) in [5.41, 5.74) is 24.7. The number of nitrogens with one attached hydrogen (secondary N) is 18. The summed E-state index contributed by atoms with van der Waals surface area (Å²) in [7, 11) is 0. The first-order valence-corrected chi connectivity index (χ1v) is 44.3. The number of H-pyrrole nitrogens is 1. The summed E-state index contributed by atoms with van der Waals surface area (Å²) in [6.07, 6.45) is 17.6. The van der Waals surface area contributed by atoms with Crippen molar-refractivity contribution in [1.29, 1.82) is 10.8 Å². The number of aliphatic hydroxyl groups is 2. The minimum Gasteiger partial charge on any atom is -0.394 e. The molecule has 0 aliphatic carbocycles. The molecule has 28 N–H and O–H groups in total. The van der Waals surface area contributed by atoms with Gasteiger partial charge in [-0.2, -0.15) is 0 Å². The molecule has 0 unspecified atom stereocenters. The molecule has 40 nitrogen and oxygen atoms in total. The molecular formula is C87H135N23O17. The summed E-state index contributed by atoms with van der Waals surface area (Å²) in [5, 5.41) is 76.2. The van der Waals surface area contributed by atoms with Crippen LogP contribution in [0.2, 0.25) is 0 Å². The smallest absolute Gasteiger partial charge is 0.245 e. The second kappa shape index (κ2) is 59.5. The van der Waals surface area contributed by atoms with E-state index in [1.54, 1.807) is 67.7 Å². The molecular weight excluding hydrogens is 1640 g/mol. The lowest BCUT2D eigenvalue weighted by atomic mass is 10.0. The van der Waals surface area contributed by atoms with Crippen molar-refractivity contribution in [3.05, 3.63) is 102 Å². The minimum absolute atomic E-state index is 0.0135. The number of unbranched alkanes of at least 4 members (excludes halogenated alkanes) is 14. The topological polar surface area (TPSA) is 657 Å².